The molecule has 0 saturated carbocycles. The van der Waals surface area contributed by atoms with Crippen molar-refractivity contribution in [1.29, 1.82) is 0 Å². The molecule has 2 heteroatoms. The molecule has 0 rings (SSSR count). The topological polar surface area (TPSA) is 46.2 Å². The van der Waals surface area contributed by atoms with Gasteiger partial charge in [-0.2, -0.15) is 0 Å². The Morgan fingerprint density at radius 3 is 2.29 bits per heavy atom. The summed E-state index contributed by atoms with van der Waals surface area (Å²) in [7, 11) is 0. The van der Waals surface area contributed by atoms with Crippen LogP contribution in [-0.2, 0) is 0 Å². The monoisotopic (exact) mass is 201 g/mol. The van der Waals surface area contributed by atoms with E-state index in [-0.39, 0.29) is 12.1 Å². The van der Waals surface area contributed by atoms with Gasteiger partial charge in [0.05, 0.1) is 6.10 Å². The van der Waals surface area contributed by atoms with Crippen LogP contribution in [0, 0.1) is 5.92 Å². The third kappa shape index (κ3) is 6.39. The van der Waals surface area contributed by atoms with Crippen LogP contribution >= 0.6 is 0 Å². The van der Waals surface area contributed by atoms with Crippen molar-refractivity contribution >= 4 is 0 Å². The van der Waals surface area contributed by atoms with Crippen molar-refractivity contribution < 1.29 is 5.11 Å². The van der Waals surface area contributed by atoms with E-state index in [1.165, 1.54) is 25.7 Å². The minimum Gasteiger partial charge on any atom is -0.393 e. The van der Waals surface area contributed by atoms with Crippen LogP contribution in [0.25, 0.3) is 0 Å². The van der Waals surface area contributed by atoms with Gasteiger partial charge in [-0.3, -0.25) is 0 Å². The zero-order chi connectivity index (χ0) is 11.0. The van der Waals surface area contributed by atoms with Crippen LogP contribution in [0.4, 0.5) is 0 Å². The number of nitrogens with two attached hydrogens (primary N) is 1. The molecule has 3 unspecified atom stereocenters. The van der Waals surface area contributed by atoms with Crippen molar-refractivity contribution in [3.8, 4) is 0 Å². The van der Waals surface area contributed by atoms with Gasteiger partial charge in [-0.25, -0.2) is 0 Å². The molecule has 0 aliphatic heterocycles. The van der Waals surface area contributed by atoms with Crippen molar-refractivity contribution in [3.05, 3.63) is 0 Å². The van der Waals surface area contributed by atoms with Gasteiger partial charge >= 0.3 is 0 Å². The second-order valence-corrected chi connectivity index (χ2v) is 4.41. The van der Waals surface area contributed by atoms with Crippen LogP contribution < -0.4 is 5.73 Å². The van der Waals surface area contributed by atoms with Crippen molar-refractivity contribution in [1.82, 2.24) is 0 Å². The summed E-state index contributed by atoms with van der Waals surface area (Å²) < 4.78 is 0. The SMILES string of the molecule is CCCCCC(CC)C(N)CC(C)O. The standard InChI is InChI=1S/C12H27NO/c1-4-6-7-8-11(5-2)12(13)9-10(3)14/h10-12,14H,4-9,13H2,1-3H3. The van der Waals surface area contributed by atoms with Crippen molar-refractivity contribution in [2.75, 3.05) is 0 Å². The Bertz CT molecular complexity index is 125. The highest BCUT2D eigenvalue weighted by molar-refractivity contribution is 4.73. The molecule has 0 saturated heterocycles. The average Bonchev–Trinajstić information content (AvgIpc) is 2.11. The molecule has 0 bridgehead atoms. The highest BCUT2D eigenvalue weighted by atomic mass is 16.3. The van der Waals surface area contributed by atoms with Crippen molar-refractivity contribution in [2.45, 2.75) is 71.4 Å². The predicted octanol–water partition coefficient (Wildman–Crippen LogP) is 2.69. The Kier molecular flexibility index (Phi) is 8.20. The zero-order valence-electron chi connectivity index (χ0n) is 10.00. The van der Waals surface area contributed by atoms with Gasteiger partial charge in [0, 0.05) is 6.04 Å². The van der Waals surface area contributed by atoms with Crippen molar-refractivity contribution in [3.63, 3.8) is 0 Å². The Balaban J connectivity index is 3.74. The molecule has 0 aromatic heterocycles. The zero-order valence-corrected chi connectivity index (χ0v) is 10.00. The van der Waals surface area contributed by atoms with Gasteiger partial charge < -0.3 is 10.8 Å². The lowest BCUT2D eigenvalue weighted by Gasteiger charge is -2.23. The maximum absolute atomic E-state index is 9.26. The molecule has 0 spiro atoms. The minimum atomic E-state index is -0.259. The molecule has 0 radical (unpaired) electrons. The van der Waals surface area contributed by atoms with E-state index >= 15 is 0 Å². The summed E-state index contributed by atoms with van der Waals surface area (Å²) in [5.74, 6) is 0.594. The van der Waals surface area contributed by atoms with Gasteiger partial charge in [0.25, 0.3) is 0 Å². The molecule has 2 nitrogen and oxygen atoms in total. The molecule has 0 amide bonds. The lowest BCUT2D eigenvalue weighted by molar-refractivity contribution is 0.159. The second kappa shape index (κ2) is 8.25. The fourth-order valence-electron chi connectivity index (χ4n) is 1.96. The molecule has 86 valence electrons. The number of aliphatic hydroxyl groups excluding tert-OH is 1. The Labute approximate surface area is 88.9 Å². The molecule has 0 aromatic rings. The third-order valence-electron chi connectivity index (χ3n) is 2.92. The summed E-state index contributed by atoms with van der Waals surface area (Å²) in [6.07, 6.45) is 6.69. The molecular formula is C12H27NO. The van der Waals surface area contributed by atoms with Gasteiger partial charge in [-0.15, -0.1) is 0 Å². The Morgan fingerprint density at radius 1 is 1.21 bits per heavy atom. The van der Waals surface area contributed by atoms with E-state index in [1.54, 1.807) is 0 Å². The van der Waals surface area contributed by atoms with E-state index in [9.17, 15) is 5.11 Å². The van der Waals surface area contributed by atoms with Crippen LogP contribution in [-0.4, -0.2) is 17.3 Å². The summed E-state index contributed by atoms with van der Waals surface area (Å²) in [6.45, 7) is 6.23. The summed E-state index contributed by atoms with van der Waals surface area (Å²) in [5.41, 5.74) is 6.05. The van der Waals surface area contributed by atoms with Gasteiger partial charge in [0.2, 0.25) is 0 Å². The number of unbranched alkanes of at least 4 members (excludes halogenated alkanes) is 2. The van der Waals surface area contributed by atoms with E-state index in [0.29, 0.717) is 5.92 Å². The van der Waals surface area contributed by atoms with Gasteiger partial charge in [0.1, 0.15) is 0 Å². The fourth-order valence-corrected chi connectivity index (χ4v) is 1.96. The number of rotatable bonds is 8. The van der Waals surface area contributed by atoms with E-state index in [0.717, 1.165) is 12.8 Å². The van der Waals surface area contributed by atoms with E-state index < -0.39 is 0 Å². The molecule has 3 atom stereocenters. The average molecular weight is 201 g/mol. The van der Waals surface area contributed by atoms with Crippen molar-refractivity contribution in [2.24, 2.45) is 11.7 Å². The molecule has 3 N–H and O–H groups in total. The van der Waals surface area contributed by atoms with Crippen LogP contribution in [0.1, 0.15) is 59.3 Å². The third-order valence-corrected chi connectivity index (χ3v) is 2.92. The fraction of sp³-hybridized carbons (Fsp3) is 1.00. The van der Waals surface area contributed by atoms with Gasteiger partial charge in [0.15, 0.2) is 0 Å². The largest absolute Gasteiger partial charge is 0.393 e. The normalized spacial score (nSPS) is 17.8. The highest BCUT2D eigenvalue weighted by Crippen LogP contribution is 2.19. The number of hydrogen-bond acceptors (Lipinski definition) is 2. The predicted molar refractivity (Wildman–Crippen MR) is 62.2 cm³/mol. The molecule has 14 heavy (non-hydrogen) atoms. The second-order valence-electron chi connectivity index (χ2n) is 4.41. The molecule has 0 aliphatic rings. The molecule has 0 aliphatic carbocycles. The Hall–Kier alpha value is -0.0800. The summed E-state index contributed by atoms with van der Waals surface area (Å²) in [4.78, 5) is 0. The smallest absolute Gasteiger partial charge is 0.0527 e. The molecule has 0 heterocycles. The van der Waals surface area contributed by atoms with E-state index in [1.807, 2.05) is 6.92 Å². The van der Waals surface area contributed by atoms with Crippen LogP contribution in [0.15, 0.2) is 0 Å². The van der Waals surface area contributed by atoms with Gasteiger partial charge in [-0.05, 0) is 25.7 Å². The molecule has 0 aromatic carbocycles. The number of hydrogen-bond donors (Lipinski definition) is 2. The lowest BCUT2D eigenvalue weighted by Crippen LogP contribution is -2.32. The maximum Gasteiger partial charge on any atom is 0.0527 e. The highest BCUT2D eigenvalue weighted by Gasteiger charge is 2.16. The number of aliphatic hydroxyl groups is 1. The van der Waals surface area contributed by atoms with Crippen LogP contribution in [0.3, 0.4) is 0 Å². The quantitative estimate of drug-likeness (QED) is 0.593. The van der Waals surface area contributed by atoms with Crippen LogP contribution in [0.5, 0.6) is 0 Å². The molecular weight excluding hydrogens is 174 g/mol. The summed E-state index contributed by atoms with van der Waals surface area (Å²) in [6, 6.07) is 0.178. The first-order chi connectivity index (χ1) is 6.61. The first kappa shape index (κ1) is 13.9. The summed E-state index contributed by atoms with van der Waals surface area (Å²) in [5, 5.41) is 9.26. The summed E-state index contributed by atoms with van der Waals surface area (Å²) >= 11 is 0. The maximum atomic E-state index is 9.26. The first-order valence-corrected chi connectivity index (χ1v) is 6.05. The molecule has 0 fully saturated rings. The Morgan fingerprint density at radius 2 is 1.86 bits per heavy atom. The van der Waals surface area contributed by atoms with Crippen LogP contribution in [0.2, 0.25) is 0 Å². The lowest BCUT2D eigenvalue weighted by atomic mass is 9.88. The van der Waals surface area contributed by atoms with Gasteiger partial charge in [-0.1, -0.05) is 39.5 Å². The minimum absolute atomic E-state index is 0.178. The van der Waals surface area contributed by atoms with E-state index in [2.05, 4.69) is 13.8 Å². The van der Waals surface area contributed by atoms with E-state index in [4.69, 9.17) is 5.73 Å². The first-order valence-electron chi connectivity index (χ1n) is 6.05.